The Morgan fingerprint density at radius 1 is 1.10 bits per heavy atom. The summed E-state index contributed by atoms with van der Waals surface area (Å²) in [4.78, 5) is 14.0. The number of anilines is 4. The number of benzene rings is 2. The molecule has 1 aliphatic heterocycles. The van der Waals surface area contributed by atoms with Gasteiger partial charge in [0.15, 0.2) is 0 Å². The quantitative estimate of drug-likeness (QED) is 0.247. The van der Waals surface area contributed by atoms with Crippen molar-refractivity contribution in [1.29, 1.82) is 0 Å². The summed E-state index contributed by atoms with van der Waals surface area (Å²) < 4.78 is 21.6. The lowest BCUT2D eigenvalue weighted by atomic mass is 10.1. The van der Waals surface area contributed by atoms with Crippen LogP contribution in [0.4, 0.5) is 27.4 Å². The molecule has 0 saturated carbocycles. The number of aromatic nitrogens is 3. The Hall–Kier alpha value is -4.37. The zero-order valence-corrected chi connectivity index (χ0v) is 22.5. The second kappa shape index (κ2) is 11.6. The van der Waals surface area contributed by atoms with E-state index >= 15 is 0 Å². The minimum atomic E-state index is -0.299. The number of methoxy groups -OCH3 is 1. The highest BCUT2D eigenvalue weighted by atomic mass is 19.1. The van der Waals surface area contributed by atoms with Gasteiger partial charge in [-0.2, -0.15) is 4.98 Å². The highest BCUT2D eigenvalue weighted by Crippen LogP contribution is 2.39. The predicted octanol–water partition coefficient (Wildman–Crippen LogP) is 5.96. The molecule has 1 fully saturated rings. The summed E-state index contributed by atoms with van der Waals surface area (Å²) in [5.41, 5.74) is 4.05. The summed E-state index contributed by atoms with van der Waals surface area (Å²) in [6.07, 6.45) is 6.39. The standard InChI is InChI=1S/C30H34FN7O/c1-5-12-36-14-16-37(17-15-36)27-20-28(39-4)25(19-24(27)33-21(3)6-2)34-30-32-11-9-29(35-30)38-13-10-22-7-8-23(31)18-26(22)38/h6-11,13,18-20,33H,2-3,5,12,14-17H2,1,4H3,(H,32,34,35). The molecule has 1 aliphatic rings. The first-order valence-electron chi connectivity index (χ1n) is 13.1. The molecule has 1 saturated heterocycles. The number of hydrogen-bond donors (Lipinski definition) is 2. The summed E-state index contributed by atoms with van der Waals surface area (Å²) in [6, 6.07) is 12.4. The fourth-order valence-electron chi connectivity index (χ4n) is 4.92. The molecule has 0 radical (unpaired) electrons. The van der Waals surface area contributed by atoms with Crippen molar-refractivity contribution in [3.8, 4) is 11.6 Å². The molecule has 202 valence electrons. The van der Waals surface area contributed by atoms with Crippen LogP contribution in [0.3, 0.4) is 0 Å². The summed E-state index contributed by atoms with van der Waals surface area (Å²) >= 11 is 0. The highest BCUT2D eigenvalue weighted by molar-refractivity contribution is 5.83. The molecule has 0 spiro atoms. The fourth-order valence-corrected chi connectivity index (χ4v) is 4.92. The van der Waals surface area contributed by atoms with Gasteiger partial charge in [0.25, 0.3) is 0 Å². The topological polar surface area (TPSA) is 70.5 Å². The first-order chi connectivity index (χ1) is 19.0. The van der Waals surface area contributed by atoms with Crippen LogP contribution in [0, 0.1) is 5.82 Å². The van der Waals surface area contributed by atoms with E-state index in [1.54, 1.807) is 31.5 Å². The first-order valence-corrected chi connectivity index (χ1v) is 13.1. The zero-order chi connectivity index (χ0) is 27.4. The van der Waals surface area contributed by atoms with Gasteiger partial charge in [-0.3, -0.25) is 4.90 Å². The maximum atomic E-state index is 13.9. The molecule has 0 amide bonds. The molecule has 2 N–H and O–H groups in total. The number of rotatable bonds is 10. The van der Waals surface area contributed by atoms with E-state index in [0.717, 1.165) is 61.4 Å². The second-order valence-electron chi connectivity index (χ2n) is 9.51. The Kier molecular flexibility index (Phi) is 7.79. The van der Waals surface area contributed by atoms with Crippen LogP contribution in [0.2, 0.25) is 0 Å². The Balaban J connectivity index is 1.47. The molecule has 9 heteroatoms. The van der Waals surface area contributed by atoms with Gasteiger partial charge in [-0.1, -0.05) is 20.1 Å². The second-order valence-corrected chi connectivity index (χ2v) is 9.51. The normalized spacial score (nSPS) is 13.9. The van der Waals surface area contributed by atoms with Gasteiger partial charge in [-0.25, -0.2) is 9.37 Å². The summed E-state index contributed by atoms with van der Waals surface area (Å²) in [5, 5.41) is 7.63. The van der Waals surface area contributed by atoms with Gasteiger partial charge < -0.3 is 24.8 Å². The third kappa shape index (κ3) is 5.73. The molecule has 0 unspecified atom stereocenters. The Morgan fingerprint density at radius 2 is 1.92 bits per heavy atom. The minimum Gasteiger partial charge on any atom is -0.494 e. The molecular formula is C30H34FN7O. The maximum absolute atomic E-state index is 13.9. The van der Waals surface area contributed by atoms with Gasteiger partial charge in [0, 0.05) is 55.7 Å². The van der Waals surface area contributed by atoms with E-state index in [0.29, 0.717) is 28.9 Å². The number of halogens is 1. The van der Waals surface area contributed by atoms with Crippen molar-refractivity contribution in [1.82, 2.24) is 19.4 Å². The molecule has 0 bridgehead atoms. The monoisotopic (exact) mass is 527 g/mol. The van der Waals surface area contributed by atoms with Crippen molar-refractivity contribution < 1.29 is 9.13 Å². The van der Waals surface area contributed by atoms with Crippen LogP contribution < -0.4 is 20.3 Å². The molecule has 3 heterocycles. The number of hydrogen-bond acceptors (Lipinski definition) is 7. The van der Waals surface area contributed by atoms with Gasteiger partial charge in [0.1, 0.15) is 17.4 Å². The van der Waals surface area contributed by atoms with Crippen LogP contribution >= 0.6 is 0 Å². The van der Waals surface area contributed by atoms with E-state index in [-0.39, 0.29) is 5.82 Å². The largest absolute Gasteiger partial charge is 0.494 e. The molecule has 2 aromatic carbocycles. The fraction of sp³-hybridized carbons (Fsp3) is 0.267. The van der Waals surface area contributed by atoms with Crippen LogP contribution in [0.5, 0.6) is 5.75 Å². The van der Waals surface area contributed by atoms with E-state index in [4.69, 9.17) is 9.72 Å². The van der Waals surface area contributed by atoms with Crippen molar-refractivity contribution in [2.45, 2.75) is 13.3 Å². The average molecular weight is 528 g/mol. The molecule has 0 atom stereocenters. The lowest BCUT2D eigenvalue weighted by Crippen LogP contribution is -2.46. The number of nitrogens with zero attached hydrogens (tertiary/aromatic N) is 5. The Bertz CT molecular complexity index is 1490. The van der Waals surface area contributed by atoms with Crippen molar-refractivity contribution in [2.75, 3.05) is 55.4 Å². The van der Waals surface area contributed by atoms with Crippen LogP contribution in [0.25, 0.3) is 16.7 Å². The van der Waals surface area contributed by atoms with E-state index < -0.39 is 0 Å². The number of allylic oxidation sites excluding steroid dienone is 1. The van der Waals surface area contributed by atoms with Gasteiger partial charge in [0.05, 0.1) is 29.7 Å². The van der Waals surface area contributed by atoms with Crippen LogP contribution in [-0.4, -0.2) is 59.3 Å². The number of nitrogens with one attached hydrogen (secondary N) is 2. The first kappa shape index (κ1) is 26.2. The molecule has 8 nitrogen and oxygen atoms in total. The van der Waals surface area contributed by atoms with Crippen LogP contribution in [0.1, 0.15) is 13.3 Å². The maximum Gasteiger partial charge on any atom is 0.229 e. The average Bonchev–Trinajstić information content (AvgIpc) is 3.37. The van der Waals surface area contributed by atoms with Crippen molar-refractivity contribution in [2.24, 2.45) is 0 Å². The summed E-state index contributed by atoms with van der Waals surface area (Å²) in [5.74, 6) is 1.37. The molecule has 2 aromatic heterocycles. The van der Waals surface area contributed by atoms with Crippen molar-refractivity contribution >= 4 is 33.9 Å². The van der Waals surface area contributed by atoms with Gasteiger partial charge in [-0.15, -0.1) is 0 Å². The third-order valence-corrected chi connectivity index (χ3v) is 6.90. The van der Waals surface area contributed by atoms with Crippen molar-refractivity contribution in [3.05, 3.63) is 85.6 Å². The van der Waals surface area contributed by atoms with E-state index in [1.807, 2.05) is 29.0 Å². The van der Waals surface area contributed by atoms with Crippen LogP contribution in [-0.2, 0) is 0 Å². The zero-order valence-electron chi connectivity index (χ0n) is 22.5. The lowest BCUT2D eigenvalue weighted by molar-refractivity contribution is 0.258. The van der Waals surface area contributed by atoms with Gasteiger partial charge in [-0.05, 0) is 55.4 Å². The number of piperazine rings is 1. The summed E-state index contributed by atoms with van der Waals surface area (Å²) in [6.45, 7) is 15.1. The highest BCUT2D eigenvalue weighted by Gasteiger charge is 2.22. The predicted molar refractivity (Wildman–Crippen MR) is 157 cm³/mol. The van der Waals surface area contributed by atoms with E-state index in [2.05, 4.69) is 45.5 Å². The minimum absolute atomic E-state index is 0.299. The molecule has 5 rings (SSSR count). The molecule has 39 heavy (non-hydrogen) atoms. The van der Waals surface area contributed by atoms with E-state index in [1.165, 1.54) is 12.1 Å². The van der Waals surface area contributed by atoms with Crippen LogP contribution in [0.15, 0.2) is 79.8 Å². The third-order valence-electron chi connectivity index (χ3n) is 6.90. The molecular weight excluding hydrogens is 493 g/mol. The van der Waals surface area contributed by atoms with Gasteiger partial charge in [0.2, 0.25) is 5.95 Å². The lowest BCUT2D eigenvalue weighted by Gasteiger charge is -2.37. The SMILES string of the molecule is C=CC(=C)Nc1cc(Nc2nccc(-n3ccc4ccc(F)cc43)n2)c(OC)cc1N1CCN(CCC)CC1. The smallest absolute Gasteiger partial charge is 0.229 e. The van der Waals surface area contributed by atoms with Gasteiger partial charge >= 0.3 is 0 Å². The number of ether oxygens (including phenoxy) is 1. The molecule has 4 aromatic rings. The Labute approximate surface area is 228 Å². The summed E-state index contributed by atoms with van der Waals surface area (Å²) in [7, 11) is 1.65. The number of fused-ring (bicyclic) bond motifs is 1. The van der Waals surface area contributed by atoms with Crippen molar-refractivity contribution in [3.63, 3.8) is 0 Å². The Morgan fingerprint density at radius 3 is 2.67 bits per heavy atom. The molecule has 0 aliphatic carbocycles. The van der Waals surface area contributed by atoms with E-state index in [9.17, 15) is 4.39 Å².